The van der Waals surface area contributed by atoms with Crippen LogP contribution < -0.4 is 5.32 Å². The molecule has 1 saturated carbocycles. The van der Waals surface area contributed by atoms with Crippen molar-refractivity contribution in [1.29, 1.82) is 0 Å². The lowest BCUT2D eigenvalue weighted by Crippen LogP contribution is -2.48. The molecule has 156 valence electrons. The molecule has 0 unspecified atom stereocenters. The lowest BCUT2D eigenvalue weighted by molar-refractivity contribution is -0.126. The van der Waals surface area contributed by atoms with E-state index in [0.29, 0.717) is 18.7 Å². The van der Waals surface area contributed by atoms with Crippen LogP contribution in [0.4, 0.5) is 0 Å². The SMILES string of the molecule is Cc1cc(C(=O)N2CCC(NC(=O)C3CCCCC3)CC2)c2c(C)nn(C)c2n1. The number of pyridine rings is 1. The number of carbonyl (C=O) groups excluding carboxylic acids is 2. The number of amides is 2. The van der Waals surface area contributed by atoms with Gasteiger partial charge in [-0.3, -0.25) is 14.3 Å². The fourth-order valence-electron chi connectivity index (χ4n) is 4.82. The third kappa shape index (κ3) is 4.00. The Hall–Kier alpha value is -2.44. The van der Waals surface area contributed by atoms with Gasteiger partial charge in [0.2, 0.25) is 5.91 Å². The second-order valence-electron chi connectivity index (χ2n) is 8.63. The maximum Gasteiger partial charge on any atom is 0.254 e. The number of aromatic nitrogens is 3. The van der Waals surface area contributed by atoms with Crippen LogP contribution in [-0.2, 0) is 11.8 Å². The van der Waals surface area contributed by atoms with Gasteiger partial charge in [-0.15, -0.1) is 0 Å². The van der Waals surface area contributed by atoms with E-state index < -0.39 is 0 Å². The lowest BCUT2D eigenvalue weighted by Gasteiger charge is -2.33. The highest BCUT2D eigenvalue weighted by molar-refractivity contribution is 6.06. The molecule has 2 amide bonds. The Labute approximate surface area is 171 Å². The molecule has 2 aliphatic rings. The minimum absolute atomic E-state index is 0.0358. The Morgan fingerprint density at radius 1 is 1.07 bits per heavy atom. The van der Waals surface area contributed by atoms with Gasteiger partial charge in [0.15, 0.2) is 5.65 Å². The largest absolute Gasteiger partial charge is 0.353 e. The van der Waals surface area contributed by atoms with Gasteiger partial charge in [0.25, 0.3) is 5.91 Å². The van der Waals surface area contributed by atoms with Gasteiger partial charge < -0.3 is 10.2 Å². The van der Waals surface area contributed by atoms with E-state index in [9.17, 15) is 9.59 Å². The molecule has 0 spiro atoms. The molecule has 2 aromatic heterocycles. The Bertz CT molecular complexity index is 921. The molecule has 0 bridgehead atoms. The van der Waals surface area contributed by atoms with E-state index in [1.165, 1.54) is 19.3 Å². The number of carbonyl (C=O) groups is 2. The number of aryl methyl sites for hydroxylation is 3. The van der Waals surface area contributed by atoms with Gasteiger partial charge in [-0.05, 0) is 45.6 Å². The number of hydrogen-bond donors (Lipinski definition) is 1. The standard InChI is InChI=1S/C22H31N5O2/c1-14-13-18(19-15(2)25-26(3)20(19)23-14)22(29)27-11-9-17(10-12-27)24-21(28)16-7-5-4-6-8-16/h13,16-17H,4-12H2,1-3H3,(H,24,28). The third-order valence-electron chi connectivity index (χ3n) is 6.43. The van der Waals surface area contributed by atoms with Crippen molar-refractivity contribution in [2.45, 2.75) is 64.8 Å². The fraction of sp³-hybridized carbons (Fsp3) is 0.636. The first kappa shape index (κ1) is 19.9. The van der Waals surface area contributed by atoms with Gasteiger partial charge in [-0.2, -0.15) is 5.10 Å². The third-order valence-corrected chi connectivity index (χ3v) is 6.43. The summed E-state index contributed by atoms with van der Waals surface area (Å²) in [5.74, 6) is 0.436. The van der Waals surface area contributed by atoms with Gasteiger partial charge >= 0.3 is 0 Å². The molecule has 3 heterocycles. The van der Waals surface area contributed by atoms with Crippen molar-refractivity contribution in [2.75, 3.05) is 13.1 Å². The zero-order valence-electron chi connectivity index (χ0n) is 17.7. The number of nitrogens with zero attached hydrogens (tertiary/aromatic N) is 4. The summed E-state index contributed by atoms with van der Waals surface area (Å²) >= 11 is 0. The molecule has 2 fully saturated rings. The zero-order chi connectivity index (χ0) is 20.5. The van der Waals surface area contributed by atoms with Crippen LogP contribution in [0.15, 0.2) is 6.07 Å². The number of nitrogens with one attached hydrogen (secondary N) is 1. The van der Waals surface area contributed by atoms with Crippen molar-refractivity contribution in [3.05, 3.63) is 23.0 Å². The topological polar surface area (TPSA) is 80.1 Å². The Kier molecular flexibility index (Phi) is 5.56. The van der Waals surface area contributed by atoms with Crippen LogP contribution >= 0.6 is 0 Å². The minimum Gasteiger partial charge on any atom is -0.353 e. The average molecular weight is 398 g/mol. The summed E-state index contributed by atoms with van der Waals surface area (Å²) in [6.45, 7) is 5.15. The van der Waals surface area contributed by atoms with E-state index in [1.54, 1.807) is 4.68 Å². The van der Waals surface area contributed by atoms with Gasteiger partial charge in [-0.1, -0.05) is 19.3 Å². The summed E-state index contributed by atoms with van der Waals surface area (Å²) in [6, 6.07) is 2.05. The number of likely N-dealkylation sites (tertiary alicyclic amines) is 1. The zero-order valence-corrected chi connectivity index (χ0v) is 17.7. The first-order chi connectivity index (χ1) is 13.9. The summed E-state index contributed by atoms with van der Waals surface area (Å²) in [5.41, 5.74) is 3.08. The number of fused-ring (bicyclic) bond motifs is 1. The highest BCUT2D eigenvalue weighted by Crippen LogP contribution is 2.26. The van der Waals surface area contributed by atoms with Crippen molar-refractivity contribution in [2.24, 2.45) is 13.0 Å². The van der Waals surface area contributed by atoms with Gasteiger partial charge in [0.05, 0.1) is 16.6 Å². The van der Waals surface area contributed by atoms with E-state index in [1.807, 2.05) is 31.9 Å². The smallest absolute Gasteiger partial charge is 0.254 e. The molecule has 1 saturated heterocycles. The molecule has 0 aromatic carbocycles. The van der Waals surface area contributed by atoms with Crippen LogP contribution in [0.1, 0.15) is 66.7 Å². The molecule has 1 aliphatic heterocycles. The van der Waals surface area contributed by atoms with Gasteiger partial charge in [0, 0.05) is 37.8 Å². The minimum atomic E-state index is 0.0358. The van der Waals surface area contributed by atoms with Gasteiger partial charge in [-0.25, -0.2) is 4.98 Å². The predicted molar refractivity (Wildman–Crippen MR) is 112 cm³/mol. The predicted octanol–water partition coefficient (Wildman–Crippen LogP) is 2.89. The Morgan fingerprint density at radius 3 is 2.45 bits per heavy atom. The van der Waals surface area contributed by atoms with Crippen LogP contribution in [-0.4, -0.2) is 50.6 Å². The summed E-state index contributed by atoms with van der Waals surface area (Å²) < 4.78 is 1.74. The quantitative estimate of drug-likeness (QED) is 0.864. The van der Waals surface area contributed by atoms with Crippen LogP contribution in [0.2, 0.25) is 0 Å². The lowest BCUT2D eigenvalue weighted by atomic mass is 9.88. The van der Waals surface area contributed by atoms with E-state index in [-0.39, 0.29) is 23.8 Å². The van der Waals surface area contributed by atoms with Crippen LogP contribution in [0.3, 0.4) is 0 Å². The molecule has 1 aliphatic carbocycles. The Morgan fingerprint density at radius 2 is 1.76 bits per heavy atom. The maximum absolute atomic E-state index is 13.3. The normalized spacial score (nSPS) is 18.9. The first-order valence-corrected chi connectivity index (χ1v) is 10.8. The molecular weight excluding hydrogens is 366 g/mol. The van der Waals surface area contributed by atoms with Crippen LogP contribution in [0.5, 0.6) is 0 Å². The van der Waals surface area contributed by atoms with Crippen molar-refractivity contribution in [1.82, 2.24) is 25.0 Å². The van der Waals surface area contributed by atoms with E-state index >= 15 is 0 Å². The summed E-state index contributed by atoms with van der Waals surface area (Å²) in [7, 11) is 1.86. The Balaban J connectivity index is 1.42. The fourth-order valence-corrected chi connectivity index (χ4v) is 4.82. The molecule has 7 heteroatoms. The average Bonchev–Trinajstić information content (AvgIpc) is 3.01. The molecule has 0 radical (unpaired) electrons. The van der Waals surface area contributed by atoms with Gasteiger partial charge in [0.1, 0.15) is 0 Å². The van der Waals surface area contributed by atoms with Crippen LogP contribution in [0, 0.1) is 19.8 Å². The van der Waals surface area contributed by atoms with E-state index in [0.717, 1.165) is 48.1 Å². The highest BCUT2D eigenvalue weighted by Gasteiger charge is 2.29. The summed E-state index contributed by atoms with van der Waals surface area (Å²) in [5, 5.41) is 8.53. The first-order valence-electron chi connectivity index (χ1n) is 10.8. The monoisotopic (exact) mass is 397 g/mol. The van der Waals surface area contributed by atoms with Crippen molar-refractivity contribution < 1.29 is 9.59 Å². The molecule has 7 nitrogen and oxygen atoms in total. The molecule has 29 heavy (non-hydrogen) atoms. The molecule has 4 rings (SSSR count). The van der Waals surface area contributed by atoms with Crippen LogP contribution in [0.25, 0.3) is 11.0 Å². The van der Waals surface area contributed by atoms with E-state index in [4.69, 9.17) is 0 Å². The van der Waals surface area contributed by atoms with E-state index in [2.05, 4.69) is 15.4 Å². The summed E-state index contributed by atoms with van der Waals surface area (Å²) in [4.78, 5) is 32.3. The number of rotatable bonds is 3. The van der Waals surface area contributed by atoms with Crippen molar-refractivity contribution in [3.8, 4) is 0 Å². The highest BCUT2D eigenvalue weighted by atomic mass is 16.2. The number of hydrogen-bond acceptors (Lipinski definition) is 4. The second kappa shape index (κ2) is 8.13. The summed E-state index contributed by atoms with van der Waals surface area (Å²) in [6.07, 6.45) is 7.24. The molecular formula is C22H31N5O2. The molecule has 2 aromatic rings. The molecule has 1 N–H and O–H groups in total. The van der Waals surface area contributed by atoms with Crippen molar-refractivity contribution in [3.63, 3.8) is 0 Å². The van der Waals surface area contributed by atoms with Crippen molar-refractivity contribution >= 4 is 22.8 Å². The number of piperidine rings is 1. The maximum atomic E-state index is 13.3. The second-order valence-corrected chi connectivity index (χ2v) is 8.63. The molecule has 0 atom stereocenters.